The minimum absolute atomic E-state index is 0.00437. The topological polar surface area (TPSA) is 87.3 Å². The van der Waals surface area contributed by atoms with Gasteiger partial charge >= 0.3 is 6.03 Å². The second kappa shape index (κ2) is 9.30. The van der Waals surface area contributed by atoms with E-state index in [1.165, 1.54) is 0 Å². The monoisotopic (exact) mass is 397 g/mol. The maximum absolute atomic E-state index is 12.3. The number of hydrogen-bond donors (Lipinski definition) is 3. The lowest BCUT2D eigenvalue weighted by Gasteiger charge is -2.24. The molecule has 3 amide bonds. The molecular weight excluding hydrogens is 362 g/mol. The zero-order valence-corrected chi connectivity index (χ0v) is 18.1. The molecule has 0 aromatic carbocycles. The van der Waals surface area contributed by atoms with Crippen LogP contribution in [0.1, 0.15) is 66.7 Å². The van der Waals surface area contributed by atoms with Crippen molar-refractivity contribution in [2.24, 2.45) is 11.3 Å². The minimum atomic E-state index is -0.339. The summed E-state index contributed by atoms with van der Waals surface area (Å²) in [4.78, 5) is 35.8. The van der Waals surface area contributed by atoms with Gasteiger partial charge in [-0.15, -0.1) is 0 Å². The molecule has 0 aliphatic carbocycles. The van der Waals surface area contributed by atoms with Crippen LogP contribution in [0.15, 0.2) is 0 Å². The zero-order valence-electron chi connectivity index (χ0n) is 17.3. The lowest BCUT2D eigenvalue weighted by atomic mass is 9.81. The lowest BCUT2D eigenvalue weighted by molar-refractivity contribution is -0.130. The number of amides is 3. The molecule has 27 heavy (non-hydrogen) atoms. The Morgan fingerprint density at radius 1 is 1.22 bits per heavy atom. The number of fused-ring (bicyclic) bond motifs is 1. The number of unbranched alkanes of at least 4 members (excludes halogenated alkanes) is 1. The van der Waals surface area contributed by atoms with E-state index in [9.17, 15) is 14.4 Å². The first kappa shape index (κ1) is 22.1. The number of urea groups is 1. The van der Waals surface area contributed by atoms with Crippen LogP contribution in [0.4, 0.5) is 4.79 Å². The van der Waals surface area contributed by atoms with Gasteiger partial charge in [-0.2, -0.15) is 11.8 Å². The Morgan fingerprint density at radius 2 is 1.93 bits per heavy atom. The molecule has 0 aromatic rings. The fourth-order valence-corrected chi connectivity index (χ4v) is 5.60. The smallest absolute Gasteiger partial charge is 0.315 e. The number of hydrogen-bond acceptors (Lipinski definition) is 4. The van der Waals surface area contributed by atoms with E-state index < -0.39 is 0 Å². The molecule has 0 spiro atoms. The van der Waals surface area contributed by atoms with E-state index in [0.29, 0.717) is 18.1 Å². The van der Waals surface area contributed by atoms with Crippen molar-refractivity contribution in [3.05, 3.63) is 0 Å². The molecule has 7 heteroatoms. The number of Topliss-reactive ketones (excluding diaryl/α,β-unsaturated/α-hetero) is 1. The first-order chi connectivity index (χ1) is 12.6. The molecule has 2 unspecified atom stereocenters. The first-order valence-electron chi connectivity index (χ1n) is 10.1. The van der Waals surface area contributed by atoms with Crippen molar-refractivity contribution in [1.29, 1.82) is 0 Å². The van der Waals surface area contributed by atoms with E-state index in [0.717, 1.165) is 25.0 Å². The lowest BCUT2D eigenvalue weighted by Crippen LogP contribution is -2.37. The summed E-state index contributed by atoms with van der Waals surface area (Å²) in [7, 11) is 0. The van der Waals surface area contributed by atoms with Crippen LogP contribution in [-0.4, -0.2) is 46.8 Å². The number of ketones is 1. The van der Waals surface area contributed by atoms with Gasteiger partial charge < -0.3 is 16.0 Å². The number of nitrogens with one attached hydrogen (secondary N) is 3. The van der Waals surface area contributed by atoms with Crippen molar-refractivity contribution < 1.29 is 14.4 Å². The van der Waals surface area contributed by atoms with Gasteiger partial charge in [0.05, 0.1) is 12.1 Å². The number of rotatable bonds is 9. The van der Waals surface area contributed by atoms with Gasteiger partial charge in [-0.05, 0) is 26.2 Å². The molecule has 0 radical (unpaired) electrons. The molecule has 0 aromatic heterocycles. The summed E-state index contributed by atoms with van der Waals surface area (Å²) in [6.07, 6.45) is 4.05. The van der Waals surface area contributed by atoms with Gasteiger partial charge in [0.2, 0.25) is 5.91 Å². The van der Waals surface area contributed by atoms with Gasteiger partial charge in [-0.1, -0.05) is 34.1 Å². The summed E-state index contributed by atoms with van der Waals surface area (Å²) in [5.41, 5.74) is -0.339. The van der Waals surface area contributed by atoms with Crippen LogP contribution >= 0.6 is 11.8 Å². The molecule has 6 nitrogen and oxygen atoms in total. The highest BCUT2D eigenvalue weighted by molar-refractivity contribution is 8.00. The predicted molar refractivity (Wildman–Crippen MR) is 110 cm³/mol. The van der Waals surface area contributed by atoms with Crippen LogP contribution in [-0.2, 0) is 9.59 Å². The molecular formula is C20H35N3O3S. The van der Waals surface area contributed by atoms with E-state index in [1.54, 1.807) is 0 Å². The van der Waals surface area contributed by atoms with Crippen LogP contribution in [0, 0.1) is 11.3 Å². The summed E-state index contributed by atoms with van der Waals surface area (Å²) in [5.74, 6) is 1.22. The molecule has 0 saturated carbocycles. The quantitative estimate of drug-likeness (QED) is 0.412. The number of thioether (sulfide) groups is 1. The van der Waals surface area contributed by atoms with Crippen LogP contribution in [0.25, 0.3) is 0 Å². The third-order valence-corrected chi connectivity index (χ3v) is 6.89. The molecule has 2 fully saturated rings. The van der Waals surface area contributed by atoms with Crippen molar-refractivity contribution in [2.45, 2.75) is 90.1 Å². The van der Waals surface area contributed by atoms with Crippen molar-refractivity contribution in [3.8, 4) is 0 Å². The maximum Gasteiger partial charge on any atom is 0.315 e. The summed E-state index contributed by atoms with van der Waals surface area (Å²) in [5, 5.41) is 9.42. The number of carbonyl (C=O) groups excluding carboxylic acids is 3. The van der Waals surface area contributed by atoms with Crippen molar-refractivity contribution in [1.82, 2.24) is 16.0 Å². The minimum Gasteiger partial charge on any atom is -0.354 e. The van der Waals surface area contributed by atoms with Crippen LogP contribution in [0.3, 0.4) is 0 Å². The fourth-order valence-electron chi connectivity index (χ4n) is 4.06. The van der Waals surface area contributed by atoms with Gasteiger partial charge in [0.15, 0.2) is 0 Å². The Morgan fingerprint density at radius 3 is 2.59 bits per heavy atom. The molecule has 2 rings (SSSR count). The standard InChI is InChI=1S/C20H35N3O3S/c1-12(18(25)20(3,4)5)10-13(2)21-16(24)9-7-6-8-15-17-14(11-27-15)22-19(26)23-17/h12-15,17H,6-11H2,1-5H3,(H,21,24)(H2,22,23,26)/t12?,13?,14-,15-,17-/m0/s1. The van der Waals surface area contributed by atoms with Crippen molar-refractivity contribution in [3.63, 3.8) is 0 Å². The van der Waals surface area contributed by atoms with E-state index in [1.807, 2.05) is 46.4 Å². The van der Waals surface area contributed by atoms with E-state index in [-0.39, 0.29) is 47.2 Å². The van der Waals surface area contributed by atoms with Crippen LogP contribution < -0.4 is 16.0 Å². The second-order valence-corrected chi connectivity index (χ2v) is 10.4. The van der Waals surface area contributed by atoms with Crippen molar-refractivity contribution >= 4 is 29.5 Å². The Hall–Kier alpha value is -1.24. The molecule has 2 saturated heterocycles. The summed E-state index contributed by atoms with van der Waals surface area (Å²) < 4.78 is 0. The van der Waals surface area contributed by atoms with E-state index >= 15 is 0 Å². The molecule has 3 N–H and O–H groups in total. The SMILES string of the molecule is CC(CC(C)C(=O)C(C)(C)C)NC(=O)CCCC[C@@H]1SC[C@@H]2NC(=O)N[C@@H]21. The first-order valence-corrected chi connectivity index (χ1v) is 11.1. The fraction of sp³-hybridized carbons (Fsp3) is 0.850. The maximum atomic E-state index is 12.3. The van der Waals surface area contributed by atoms with Gasteiger partial charge in [-0.25, -0.2) is 4.79 Å². The van der Waals surface area contributed by atoms with Crippen LogP contribution in [0.5, 0.6) is 0 Å². The third-order valence-electron chi connectivity index (χ3n) is 5.38. The Kier molecular flexibility index (Phi) is 7.60. The van der Waals surface area contributed by atoms with Crippen LogP contribution in [0.2, 0.25) is 0 Å². The predicted octanol–water partition coefficient (Wildman–Crippen LogP) is 2.86. The molecule has 2 heterocycles. The number of carbonyl (C=O) groups is 3. The second-order valence-electron chi connectivity index (χ2n) is 9.09. The van der Waals surface area contributed by atoms with Gasteiger partial charge in [0.25, 0.3) is 0 Å². The molecule has 2 aliphatic rings. The van der Waals surface area contributed by atoms with Gasteiger partial charge in [0.1, 0.15) is 5.78 Å². The summed E-state index contributed by atoms with van der Waals surface area (Å²) >= 11 is 1.91. The van der Waals surface area contributed by atoms with Crippen molar-refractivity contribution in [2.75, 3.05) is 5.75 Å². The van der Waals surface area contributed by atoms with E-state index in [4.69, 9.17) is 0 Å². The van der Waals surface area contributed by atoms with Gasteiger partial charge in [0, 0.05) is 34.8 Å². The normalized spacial score (nSPS) is 26.7. The van der Waals surface area contributed by atoms with Gasteiger partial charge in [-0.3, -0.25) is 9.59 Å². The highest BCUT2D eigenvalue weighted by Crippen LogP contribution is 2.33. The largest absolute Gasteiger partial charge is 0.354 e. The third kappa shape index (κ3) is 6.40. The average molecular weight is 398 g/mol. The highest BCUT2D eigenvalue weighted by Gasteiger charge is 2.42. The molecule has 2 aliphatic heterocycles. The highest BCUT2D eigenvalue weighted by atomic mass is 32.2. The zero-order chi connectivity index (χ0) is 20.2. The van der Waals surface area contributed by atoms with E-state index in [2.05, 4.69) is 16.0 Å². The Balaban J connectivity index is 1.60. The molecule has 5 atom stereocenters. The molecule has 154 valence electrons. The average Bonchev–Trinajstić information content (AvgIpc) is 3.09. The molecule has 0 bridgehead atoms. The summed E-state index contributed by atoms with van der Waals surface area (Å²) in [6, 6.07) is 0.445. The Bertz CT molecular complexity index is 561. The summed E-state index contributed by atoms with van der Waals surface area (Å²) in [6.45, 7) is 9.72. The Labute approximate surface area is 167 Å².